The number of benzene rings is 2. The quantitative estimate of drug-likeness (QED) is 0.618. The number of ether oxygens (including phenoxy) is 1. The number of rotatable bonds is 10. The Kier molecular flexibility index (Phi) is 7.87. The first-order valence-electron chi connectivity index (χ1n) is 9.29. The fourth-order valence-corrected chi connectivity index (χ4v) is 3.69. The molecule has 2 aromatic carbocycles. The molecule has 7 heteroatoms. The highest BCUT2D eigenvalue weighted by Crippen LogP contribution is 2.18. The predicted octanol–water partition coefficient (Wildman–Crippen LogP) is 2.77. The standard InChI is InChI=1S/C21H28N2O4S/c1-4-17-10-12-19(13-11-17)23(28(3,25)26)16-21(24)22-14-6-8-18-7-5-9-20(15-18)27-2/h5,7,9-13,15H,4,6,8,14,16H2,1-3H3,(H,22,24). The Hall–Kier alpha value is -2.54. The van der Waals surface area contributed by atoms with Crippen molar-refractivity contribution in [2.24, 2.45) is 0 Å². The average molecular weight is 405 g/mol. The van der Waals surface area contributed by atoms with Crippen LogP contribution in [0.4, 0.5) is 5.69 Å². The third-order valence-electron chi connectivity index (χ3n) is 4.42. The summed E-state index contributed by atoms with van der Waals surface area (Å²) in [6.45, 7) is 2.27. The Bertz CT molecular complexity index is 880. The van der Waals surface area contributed by atoms with Gasteiger partial charge in [0.05, 0.1) is 19.1 Å². The van der Waals surface area contributed by atoms with Crippen LogP contribution < -0.4 is 14.4 Å². The third-order valence-corrected chi connectivity index (χ3v) is 5.56. The molecule has 0 aliphatic heterocycles. The molecule has 2 rings (SSSR count). The highest BCUT2D eigenvalue weighted by Gasteiger charge is 2.20. The van der Waals surface area contributed by atoms with E-state index in [0.29, 0.717) is 12.2 Å². The number of carbonyl (C=O) groups is 1. The number of anilines is 1. The molecule has 0 aliphatic carbocycles. The van der Waals surface area contributed by atoms with Crippen molar-refractivity contribution < 1.29 is 17.9 Å². The lowest BCUT2D eigenvalue weighted by molar-refractivity contribution is -0.119. The van der Waals surface area contributed by atoms with E-state index in [1.54, 1.807) is 19.2 Å². The second-order valence-electron chi connectivity index (χ2n) is 6.59. The summed E-state index contributed by atoms with van der Waals surface area (Å²) < 4.78 is 30.6. The molecule has 1 amide bonds. The van der Waals surface area contributed by atoms with E-state index in [4.69, 9.17) is 4.74 Å². The van der Waals surface area contributed by atoms with Crippen LogP contribution in [0.3, 0.4) is 0 Å². The van der Waals surface area contributed by atoms with E-state index < -0.39 is 10.0 Å². The second-order valence-corrected chi connectivity index (χ2v) is 8.50. The SMILES string of the molecule is CCc1ccc(N(CC(=O)NCCCc2cccc(OC)c2)S(C)(=O)=O)cc1. The van der Waals surface area contributed by atoms with Crippen molar-refractivity contribution in [1.29, 1.82) is 0 Å². The molecular formula is C21H28N2O4S. The number of aryl methyl sites for hydroxylation is 2. The number of carbonyl (C=O) groups excluding carboxylic acids is 1. The van der Waals surface area contributed by atoms with E-state index >= 15 is 0 Å². The summed E-state index contributed by atoms with van der Waals surface area (Å²) in [7, 11) is -1.93. The van der Waals surface area contributed by atoms with E-state index in [1.807, 2.05) is 43.3 Å². The number of amides is 1. The summed E-state index contributed by atoms with van der Waals surface area (Å²) in [6, 6.07) is 15.0. The van der Waals surface area contributed by atoms with Gasteiger partial charge in [-0.25, -0.2) is 8.42 Å². The number of nitrogens with one attached hydrogen (secondary N) is 1. The van der Waals surface area contributed by atoms with Crippen LogP contribution in [0.15, 0.2) is 48.5 Å². The van der Waals surface area contributed by atoms with Crippen LogP contribution in [0, 0.1) is 0 Å². The van der Waals surface area contributed by atoms with Crippen molar-refractivity contribution in [2.75, 3.05) is 30.8 Å². The van der Waals surface area contributed by atoms with Gasteiger partial charge in [0.1, 0.15) is 12.3 Å². The van der Waals surface area contributed by atoms with Gasteiger partial charge in [0, 0.05) is 6.54 Å². The van der Waals surface area contributed by atoms with Gasteiger partial charge in [-0.3, -0.25) is 9.10 Å². The first-order chi connectivity index (χ1) is 13.3. The van der Waals surface area contributed by atoms with Crippen LogP contribution >= 0.6 is 0 Å². The van der Waals surface area contributed by atoms with Gasteiger partial charge in [0.2, 0.25) is 15.9 Å². The maximum absolute atomic E-state index is 12.3. The highest BCUT2D eigenvalue weighted by molar-refractivity contribution is 7.92. The number of nitrogens with zero attached hydrogens (tertiary/aromatic N) is 1. The van der Waals surface area contributed by atoms with Gasteiger partial charge in [0.25, 0.3) is 0 Å². The second kappa shape index (κ2) is 10.1. The van der Waals surface area contributed by atoms with Crippen LogP contribution in [0.1, 0.15) is 24.5 Å². The predicted molar refractivity (Wildman–Crippen MR) is 112 cm³/mol. The van der Waals surface area contributed by atoms with Gasteiger partial charge in [-0.15, -0.1) is 0 Å². The molecule has 0 radical (unpaired) electrons. The summed E-state index contributed by atoms with van der Waals surface area (Å²) in [4.78, 5) is 12.3. The zero-order valence-electron chi connectivity index (χ0n) is 16.6. The minimum atomic E-state index is -3.56. The fraction of sp³-hybridized carbons (Fsp3) is 0.381. The van der Waals surface area contributed by atoms with Crippen LogP contribution in [-0.4, -0.2) is 40.8 Å². The molecule has 0 saturated heterocycles. The number of hydrogen-bond donors (Lipinski definition) is 1. The molecule has 0 aromatic heterocycles. The van der Waals surface area contributed by atoms with Gasteiger partial charge in [-0.1, -0.05) is 31.2 Å². The molecule has 2 aromatic rings. The van der Waals surface area contributed by atoms with Crippen LogP contribution in [-0.2, 0) is 27.7 Å². The largest absolute Gasteiger partial charge is 0.497 e. The molecule has 0 unspecified atom stereocenters. The maximum atomic E-state index is 12.3. The minimum absolute atomic E-state index is 0.233. The molecular weight excluding hydrogens is 376 g/mol. The van der Waals surface area contributed by atoms with E-state index in [2.05, 4.69) is 5.32 Å². The van der Waals surface area contributed by atoms with E-state index in [-0.39, 0.29) is 12.5 Å². The topological polar surface area (TPSA) is 75.7 Å². The van der Waals surface area contributed by atoms with Crippen molar-refractivity contribution in [3.05, 3.63) is 59.7 Å². The normalized spacial score (nSPS) is 11.1. The highest BCUT2D eigenvalue weighted by atomic mass is 32.2. The summed E-state index contributed by atoms with van der Waals surface area (Å²) >= 11 is 0. The van der Waals surface area contributed by atoms with Crippen LogP contribution in [0.25, 0.3) is 0 Å². The minimum Gasteiger partial charge on any atom is -0.497 e. The van der Waals surface area contributed by atoms with Crippen molar-refractivity contribution in [3.8, 4) is 5.75 Å². The van der Waals surface area contributed by atoms with Crippen molar-refractivity contribution in [1.82, 2.24) is 5.32 Å². The maximum Gasteiger partial charge on any atom is 0.240 e. The fourth-order valence-electron chi connectivity index (χ4n) is 2.83. The van der Waals surface area contributed by atoms with Crippen molar-refractivity contribution in [2.45, 2.75) is 26.2 Å². The molecule has 6 nitrogen and oxygen atoms in total. The Morgan fingerprint density at radius 1 is 1.11 bits per heavy atom. The molecule has 0 fully saturated rings. The van der Waals surface area contributed by atoms with Crippen LogP contribution in [0.5, 0.6) is 5.75 Å². The van der Waals surface area contributed by atoms with Gasteiger partial charge in [0.15, 0.2) is 0 Å². The monoisotopic (exact) mass is 404 g/mol. The van der Waals surface area contributed by atoms with Gasteiger partial charge in [-0.05, 0) is 54.7 Å². The zero-order chi connectivity index (χ0) is 20.6. The van der Waals surface area contributed by atoms with E-state index in [1.165, 1.54) is 0 Å². The number of sulfonamides is 1. The molecule has 0 heterocycles. The Morgan fingerprint density at radius 2 is 1.82 bits per heavy atom. The molecule has 0 atom stereocenters. The van der Waals surface area contributed by atoms with E-state index in [0.717, 1.165) is 46.7 Å². The number of methoxy groups -OCH3 is 1. The van der Waals surface area contributed by atoms with Gasteiger partial charge >= 0.3 is 0 Å². The molecule has 0 bridgehead atoms. The lowest BCUT2D eigenvalue weighted by Crippen LogP contribution is -2.40. The molecule has 0 aliphatic rings. The third kappa shape index (κ3) is 6.56. The summed E-state index contributed by atoms with van der Waals surface area (Å²) in [5.74, 6) is 0.482. The first-order valence-corrected chi connectivity index (χ1v) is 11.1. The molecule has 0 saturated carbocycles. The summed E-state index contributed by atoms with van der Waals surface area (Å²) in [5.41, 5.74) is 2.73. The van der Waals surface area contributed by atoms with E-state index in [9.17, 15) is 13.2 Å². The van der Waals surface area contributed by atoms with Crippen molar-refractivity contribution >= 4 is 21.6 Å². The molecule has 0 spiro atoms. The number of hydrogen-bond acceptors (Lipinski definition) is 4. The summed E-state index contributed by atoms with van der Waals surface area (Å²) in [5, 5.41) is 2.80. The smallest absolute Gasteiger partial charge is 0.240 e. The molecule has 1 N–H and O–H groups in total. The Balaban J connectivity index is 1.89. The van der Waals surface area contributed by atoms with Crippen LogP contribution in [0.2, 0.25) is 0 Å². The molecule has 28 heavy (non-hydrogen) atoms. The Morgan fingerprint density at radius 3 is 2.43 bits per heavy atom. The van der Waals surface area contributed by atoms with Gasteiger partial charge < -0.3 is 10.1 Å². The summed E-state index contributed by atoms with van der Waals surface area (Å²) in [6.07, 6.45) is 3.53. The van der Waals surface area contributed by atoms with Gasteiger partial charge in [-0.2, -0.15) is 0 Å². The van der Waals surface area contributed by atoms with Crippen molar-refractivity contribution in [3.63, 3.8) is 0 Å². The Labute approximate surface area is 167 Å². The lowest BCUT2D eigenvalue weighted by Gasteiger charge is -2.22. The molecule has 152 valence electrons. The zero-order valence-corrected chi connectivity index (χ0v) is 17.5. The lowest BCUT2D eigenvalue weighted by atomic mass is 10.1. The average Bonchev–Trinajstić information content (AvgIpc) is 2.69. The first kappa shape index (κ1) is 21.8.